The van der Waals surface area contributed by atoms with Gasteiger partial charge >= 0.3 is 11.9 Å². The van der Waals surface area contributed by atoms with Crippen molar-refractivity contribution < 1.29 is 19.1 Å². The lowest BCUT2D eigenvalue weighted by Crippen LogP contribution is -2.58. The molecule has 35 heavy (non-hydrogen) atoms. The lowest BCUT2D eigenvalue weighted by Gasteiger charge is -2.61. The molecule has 6 aliphatic carbocycles. The minimum atomic E-state index is -0.885. The van der Waals surface area contributed by atoms with Gasteiger partial charge in [-0.05, 0) is 128 Å². The first kappa shape index (κ1) is 25.6. The molecular formula is C31H50O4. The van der Waals surface area contributed by atoms with E-state index in [-0.39, 0.29) is 10.8 Å². The molecule has 4 nitrogen and oxygen atoms in total. The Balaban J connectivity index is 1.25. The van der Waals surface area contributed by atoms with Crippen molar-refractivity contribution in [1.29, 1.82) is 0 Å². The Hall–Kier alpha value is -1.06. The van der Waals surface area contributed by atoms with E-state index in [9.17, 15) is 9.59 Å². The highest BCUT2D eigenvalue weighted by atomic mass is 16.6. The Morgan fingerprint density at radius 1 is 0.771 bits per heavy atom. The minimum absolute atomic E-state index is 0.0343. The molecular weight excluding hydrogens is 436 g/mol. The molecule has 6 saturated carbocycles. The molecule has 0 aromatic rings. The van der Waals surface area contributed by atoms with Crippen LogP contribution in [0, 0.1) is 46.3 Å². The van der Waals surface area contributed by atoms with Crippen molar-refractivity contribution >= 4 is 11.9 Å². The van der Waals surface area contributed by atoms with E-state index >= 15 is 0 Å². The minimum Gasteiger partial charge on any atom is -0.458 e. The first-order chi connectivity index (χ1) is 16.4. The molecule has 4 unspecified atom stereocenters. The second kappa shape index (κ2) is 8.76. The summed E-state index contributed by atoms with van der Waals surface area (Å²) in [6, 6.07) is 0. The van der Waals surface area contributed by atoms with Crippen molar-refractivity contribution in [3.8, 4) is 0 Å². The Bertz CT molecular complexity index is 806. The summed E-state index contributed by atoms with van der Waals surface area (Å²) in [5, 5.41) is 0. The highest BCUT2D eigenvalue weighted by molar-refractivity contribution is 5.94. The van der Waals surface area contributed by atoms with E-state index < -0.39 is 29.1 Å². The molecule has 0 radical (unpaired) electrons. The van der Waals surface area contributed by atoms with Gasteiger partial charge in [0.2, 0.25) is 0 Å². The lowest BCUT2D eigenvalue weighted by molar-refractivity contribution is -0.208. The number of esters is 2. The number of rotatable bonds is 7. The molecule has 6 rings (SSSR count). The summed E-state index contributed by atoms with van der Waals surface area (Å²) < 4.78 is 12.5. The second-order valence-corrected chi connectivity index (χ2v) is 14.7. The highest BCUT2D eigenvalue weighted by Gasteiger charge is 2.59. The van der Waals surface area contributed by atoms with Crippen LogP contribution in [0.5, 0.6) is 0 Å². The van der Waals surface area contributed by atoms with E-state index in [1.807, 2.05) is 0 Å². The van der Waals surface area contributed by atoms with Crippen molar-refractivity contribution in [3.05, 3.63) is 0 Å². The molecule has 4 heteroatoms. The van der Waals surface area contributed by atoms with Gasteiger partial charge in [-0.1, -0.05) is 26.2 Å². The van der Waals surface area contributed by atoms with Gasteiger partial charge in [0.1, 0.15) is 11.2 Å². The summed E-state index contributed by atoms with van der Waals surface area (Å²) in [5.41, 5.74) is -1.00. The molecule has 4 atom stereocenters. The fraction of sp³-hybridized carbons (Fsp3) is 0.935. The zero-order chi connectivity index (χ0) is 25.2. The predicted octanol–water partition coefficient (Wildman–Crippen LogP) is 7.48. The van der Waals surface area contributed by atoms with Crippen LogP contribution in [-0.4, -0.2) is 23.1 Å². The summed E-state index contributed by atoms with van der Waals surface area (Å²) in [7, 11) is 0. The maximum absolute atomic E-state index is 13.4. The van der Waals surface area contributed by atoms with Crippen molar-refractivity contribution in [1.82, 2.24) is 0 Å². The zero-order valence-electron chi connectivity index (χ0n) is 23.3. The lowest BCUT2D eigenvalue weighted by atomic mass is 9.46. The van der Waals surface area contributed by atoms with Crippen LogP contribution in [0.25, 0.3) is 0 Å². The molecule has 0 heterocycles. The van der Waals surface area contributed by atoms with Crippen molar-refractivity contribution in [2.24, 2.45) is 46.3 Å². The van der Waals surface area contributed by atoms with E-state index in [2.05, 4.69) is 34.6 Å². The van der Waals surface area contributed by atoms with Gasteiger partial charge in [0, 0.05) is 10.8 Å². The van der Waals surface area contributed by atoms with Crippen LogP contribution in [0.3, 0.4) is 0 Å². The third-order valence-corrected chi connectivity index (χ3v) is 11.9. The van der Waals surface area contributed by atoms with Gasteiger partial charge in [0.25, 0.3) is 0 Å². The summed E-state index contributed by atoms with van der Waals surface area (Å²) in [6.07, 6.45) is 16.1. The number of hydrogen-bond donors (Lipinski definition) is 0. The van der Waals surface area contributed by atoms with Crippen LogP contribution in [0.4, 0.5) is 0 Å². The molecule has 0 spiro atoms. The maximum atomic E-state index is 13.4. The smallest absolute Gasteiger partial charge is 0.320 e. The average molecular weight is 487 g/mol. The number of hydrogen-bond acceptors (Lipinski definition) is 4. The molecule has 0 aliphatic heterocycles. The number of carbonyl (C=O) groups is 2. The maximum Gasteiger partial charge on any atom is 0.320 e. The van der Waals surface area contributed by atoms with Crippen molar-refractivity contribution in [3.63, 3.8) is 0 Å². The number of carbonyl (C=O) groups excluding carboxylic acids is 2. The number of ether oxygens (including phenoxy) is 2. The van der Waals surface area contributed by atoms with E-state index in [0.717, 1.165) is 48.9 Å². The van der Waals surface area contributed by atoms with Crippen LogP contribution in [0.1, 0.15) is 125 Å². The molecule has 6 aliphatic rings. The predicted molar refractivity (Wildman–Crippen MR) is 138 cm³/mol. The average Bonchev–Trinajstić information content (AvgIpc) is 2.76. The summed E-state index contributed by atoms with van der Waals surface area (Å²) in [5.74, 6) is 2.16. The Kier molecular flexibility index (Phi) is 6.40. The van der Waals surface area contributed by atoms with Gasteiger partial charge < -0.3 is 9.47 Å². The van der Waals surface area contributed by atoms with E-state index in [1.165, 1.54) is 64.2 Å². The zero-order valence-corrected chi connectivity index (χ0v) is 23.3. The van der Waals surface area contributed by atoms with Crippen LogP contribution in [0.15, 0.2) is 0 Å². The fourth-order valence-electron chi connectivity index (χ4n) is 9.92. The third kappa shape index (κ3) is 4.37. The molecule has 0 amide bonds. The van der Waals surface area contributed by atoms with E-state index in [0.29, 0.717) is 0 Å². The van der Waals surface area contributed by atoms with Crippen molar-refractivity contribution in [2.75, 3.05) is 0 Å². The first-order valence-electron chi connectivity index (χ1n) is 14.8. The van der Waals surface area contributed by atoms with Gasteiger partial charge in [-0.15, -0.1) is 0 Å². The van der Waals surface area contributed by atoms with Crippen LogP contribution in [0.2, 0.25) is 0 Å². The topological polar surface area (TPSA) is 52.6 Å². The van der Waals surface area contributed by atoms with Gasteiger partial charge in [-0.2, -0.15) is 0 Å². The third-order valence-electron chi connectivity index (χ3n) is 11.9. The van der Waals surface area contributed by atoms with Gasteiger partial charge in [-0.3, -0.25) is 9.59 Å². The number of fused-ring (bicyclic) bond motifs is 2. The molecule has 0 aromatic heterocycles. The Morgan fingerprint density at radius 3 is 1.77 bits per heavy atom. The SMILES string of the molecule is CCC1CC2CCCC(C(C)(C)OC(=O)C(C)C(=O)OC(C)(C)C34CC5CC(CC(C5)C3)C4)(C1)C2. The summed E-state index contributed by atoms with van der Waals surface area (Å²) >= 11 is 0. The van der Waals surface area contributed by atoms with E-state index in [1.54, 1.807) is 6.92 Å². The van der Waals surface area contributed by atoms with Crippen molar-refractivity contribution in [2.45, 2.75) is 136 Å². The largest absolute Gasteiger partial charge is 0.458 e. The standard InChI is InChI=1S/C31H50O4/c1-7-21-11-22-9-8-10-30(15-21,16-22)28(3,4)34-26(32)20(2)27(33)35-29(5,6)31-17-23-12-24(18-31)14-25(13-23)19-31/h20-25H,7-19H2,1-6H3. The van der Waals surface area contributed by atoms with Gasteiger partial charge in [0.15, 0.2) is 5.92 Å². The first-order valence-corrected chi connectivity index (χ1v) is 14.8. The molecule has 0 saturated heterocycles. The van der Waals surface area contributed by atoms with Gasteiger partial charge in [-0.25, -0.2) is 0 Å². The monoisotopic (exact) mass is 486 g/mol. The summed E-state index contributed by atoms with van der Waals surface area (Å²) in [6.45, 7) is 12.4. The molecule has 6 fully saturated rings. The Morgan fingerprint density at radius 2 is 1.26 bits per heavy atom. The van der Waals surface area contributed by atoms with Crippen LogP contribution >= 0.6 is 0 Å². The van der Waals surface area contributed by atoms with Gasteiger partial charge in [0.05, 0.1) is 0 Å². The molecule has 6 bridgehead atoms. The highest BCUT2D eigenvalue weighted by Crippen LogP contribution is 2.64. The quantitative estimate of drug-likeness (QED) is 0.276. The molecule has 0 N–H and O–H groups in total. The normalized spacial score (nSPS) is 41.4. The molecule has 0 aromatic carbocycles. The summed E-state index contributed by atoms with van der Waals surface area (Å²) in [4.78, 5) is 26.7. The molecule has 198 valence electrons. The Labute approximate surface area is 213 Å². The fourth-order valence-corrected chi connectivity index (χ4v) is 9.92. The second-order valence-electron chi connectivity index (χ2n) is 14.7. The van der Waals surface area contributed by atoms with Crippen LogP contribution < -0.4 is 0 Å². The van der Waals surface area contributed by atoms with E-state index in [4.69, 9.17) is 9.47 Å². The van der Waals surface area contributed by atoms with Crippen LogP contribution in [-0.2, 0) is 19.1 Å².